The topological polar surface area (TPSA) is 68.6 Å². The zero-order valence-corrected chi connectivity index (χ0v) is 16.1. The van der Waals surface area contributed by atoms with Gasteiger partial charge in [-0.25, -0.2) is 4.99 Å². The summed E-state index contributed by atoms with van der Waals surface area (Å²) in [4.78, 5) is 16.7. The molecule has 144 valence electrons. The monoisotopic (exact) mass is 390 g/mol. The first kappa shape index (κ1) is 17.9. The zero-order valence-electron chi connectivity index (χ0n) is 16.1. The molecular formula is C26H18N2O2. The molecule has 4 heteroatoms. The van der Waals surface area contributed by atoms with E-state index in [-0.39, 0.29) is 11.1 Å². The van der Waals surface area contributed by atoms with Gasteiger partial charge in [-0.15, -0.1) is 0 Å². The number of hydrogen-bond acceptors (Lipinski definition) is 3. The van der Waals surface area contributed by atoms with Crippen molar-refractivity contribution in [2.45, 2.75) is 0 Å². The van der Waals surface area contributed by atoms with Crippen LogP contribution in [0.15, 0.2) is 106 Å². The van der Waals surface area contributed by atoms with Crippen LogP contribution in [0.2, 0.25) is 0 Å². The Morgan fingerprint density at radius 1 is 0.733 bits per heavy atom. The highest BCUT2D eigenvalue weighted by Gasteiger charge is 2.11. The lowest BCUT2D eigenvalue weighted by atomic mass is 10.0. The van der Waals surface area contributed by atoms with Crippen LogP contribution in [0.25, 0.3) is 32.9 Å². The Balaban J connectivity index is 1.66. The molecule has 2 N–H and O–H groups in total. The molecule has 0 aliphatic rings. The molecule has 0 bridgehead atoms. The second-order valence-corrected chi connectivity index (χ2v) is 7.05. The van der Waals surface area contributed by atoms with E-state index < -0.39 is 5.91 Å². The van der Waals surface area contributed by atoms with E-state index in [2.05, 4.69) is 17.1 Å². The van der Waals surface area contributed by atoms with Crippen LogP contribution in [0.3, 0.4) is 0 Å². The SMILES string of the molecule is NC(=O)c1cc2c(ccc3ccccc32)oc1=Nc1ccc(-c2ccccc2)cc1. The quantitative estimate of drug-likeness (QED) is 0.408. The van der Waals surface area contributed by atoms with Crippen molar-refractivity contribution in [3.05, 3.63) is 108 Å². The fourth-order valence-electron chi connectivity index (χ4n) is 3.61. The second kappa shape index (κ2) is 7.33. The van der Waals surface area contributed by atoms with Crippen molar-refractivity contribution < 1.29 is 9.21 Å². The van der Waals surface area contributed by atoms with E-state index in [1.54, 1.807) is 6.07 Å². The van der Waals surface area contributed by atoms with Crippen molar-refractivity contribution in [2.75, 3.05) is 0 Å². The molecule has 0 radical (unpaired) electrons. The van der Waals surface area contributed by atoms with Gasteiger partial charge in [0.15, 0.2) is 0 Å². The molecular weight excluding hydrogens is 372 g/mol. The second-order valence-electron chi connectivity index (χ2n) is 7.05. The Morgan fingerprint density at radius 3 is 2.20 bits per heavy atom. The molecule has 0 spiro atoms. The van der Waals surface area contributed by atoms with Crippen LogP contribution < -0.4 is 11.3 Å². The molecule has 0 atom stereocenters. The molecule has 0 saturated carbocycles. The third-order valence-electron chi connectivity index (χ3n) is 5.13. The number of fused-ring (bicyclic) bond motifs is 3. The third-order valence-corrected chi connectivity index (χ3v) is 5.13. The molecule has 0 saturated heterocycles. The van der Waals surface area contributed by atoms with E-state index >= 15 is 0 Å². The number of carbonyl (C=O) groups is 1. The highest BCUT2D eigenvalue weighted by molar-refractivity contribution is 6.07. The summed E-state index contributed by atoms with van der Waals surface area (Å²) in [5, 5.41) is 2.90. The molecule has 5 aromatic rings. The summed E-state index contributed by atoms with van der Waals surface area (Å²) in [6.45, 7) is 0. The van der Waals surface area contributed by atoms with E-state index in [1.807, 2.05) is 78.9 Å². The van der Waals surface area contributed by atoms with Crippen molar-refractivity contribution in [1.29, 1.82) is 0 Å². The van der Waals surface area contributed by atoms with Gasteiger partial charge in [0.1, 0.15) is 11.1 Å². The molecule has 1 aromatic heterocycles. The maximum Gasteiger partial charge on any atom is 0.254 e. The molecule has 30 heavy (non-hydrogen) atoms. The highest BCUT2D eigenvalue weighted by atomic mass is 16.3. The predicted molar refractivity (Wildman–Crippen MR) is 119 cm³/mol. The van der Waals surface area contributed by atoms with Crippen LogP contribution in [-0.2, 0) is 0 Å². The predicted octanol–water partition coefficient (Wildman–Crippen LogP) is 5.58. The molecule has 4 aromatic carbocycles. The third kappa shape index (κ3) is 3.25. The van der Waals surface area contributed by atoms with Crippen LogP contribution in [0.5, 0.6) is 0 Å². The summed E-state index contributed by atoms with van der Waals surface area (Å²) < 4.78 is 6.01. The lowest BCUT2D eigenvalue weighted by Crippen LogP contribution is -2.21. The van der Waals surface area contributed by atoms with Gasteiger partial charge in [0.05, 0.1) is 5.69 Å². The largest absolute Gasteiger partial charge is 0.438 e. The Morgan fingerprint density at radius 2 is 1.43 bits per heavy atom. The maximum absolute atomic E-state index is 12.1. The smallest absolute Gasteiger partial charge is 0.254 e. The van der Waals surface area contributed by atoms with E-state index in [0.717, 1.165) is 27.3 Å². The zero-order chi connectivity index (χ0) is 20.5. The molecule has 0 unspecified atom stereocenters. The number of nitrogens with zero attached hydrogens (tertiary/aromatic N) is 1. The van der Waals surface area contributed by atoms with Gasteiger partial charge in [0.25, 0.3) is 5.91 Å². The minimum absolute atomic E-state index is 0.206. The maximum atomic E-state index is 12.1. The number of amides is 1. The van der Waals surface area contributed by atoms with E-state index in [9.17, 15) is 4.79 Å². The minimum atomic E-state index is -0.576. The van der Waals surface area contributed by atoms with E-state index in [0.29, 0.717) is 11.3 Å². The van der Waals surface area contributed by atoms with Crippen molar-refractivity contribution in [1.82, 2.24) is 0 Å². The lowest BCUT2D eigenvalue weighted by Gasteiger charge is -2.06. The first-order chi connectivity index (χ1) is 14.7. The number of rotatable bonds is 3. The Labute approximate surface area is 172 Å². The van der Waals surface area contributed by atoms with Gasteiger partial charge in [0.2, 0.25) is 5.55 Å². The normalized spacial score (nSPS) is 11.8. The highest BCUT2D eigenvalue weighted by Crippen LogP contribution is 2.26. The van der Waals surface area contributed by atoms with E-state index in [4.69, 9.17) is 10.2 Å². The first-order valence-electron chi connectivity index (χ1n) is 9.65. The lowest BCUT2D eigenvalue weighted by molar-refractivity contribution is 0.0996. The molecule has 1 amide bonds. The van der Waals surface area contributed by atoms with Gasteiger partial charge in [0, 0.05) is 5.39 Å². The van der Waals surface area contributed by atoms with Crippen LogP contribution >= 0.6 is 0 Å². The Bertz CT molecular complexity index is 1450. The Hall–Kier alpha value is -4.18. The summed E-state index contributed by atoms with van der Waals surface area (Å²) >= 11 is 0. The average molecular weight is 390 g/mol. The van der Waals surface area contributed by atoms with Gasteiger partial charge in [-0.3, -0.25) is 4.79 Å². The molecule has 0 fully saturated rings. The number of nitrogens with two attached hydrogens (primary N) is 1. The van der Waals surface area contributed by atoms with Gasteiger partial charge < -0.3 is 10.2 Å². The molecule has 0 aliphatic heterocycles. The van der Waals surface area contributed by atoms with Crippen molar-refractivity contribution in [2.24, 2.45) is 10.7 Å². The average Bonchev–Trinajstić information content (AvgIpc) is 2.79. The van der Waals surface area contributed by atoms with Crippen LogP contribution in [-0.4, -0.2) is 5.91 Å². The van der Waals surface area contributed by atoms with Gasteiger partial charge in [-0.05, 0) is 46.2 Å². The Kier molecular flexibility index (Phi) is 4.37. The summed E-state index contributed by atoms with van der Waals surface area (Å²) in [7, 11) is 0. The van der Waals surface area contributed by atoms with Crippen LogP contribution in [0.1, 0.15) is 10.4 Å². The summed E-state index contributed by atoms with van der Waals surface area (Å²) in [6, 6.07) is 31.5. The molecule has 1 heterocycles. The van der Waals surface area contributed by atoms with Gasteiger partial charge in [-0.1, -0.05) is 72.8 Å². The van der Waals surface area contributed by atoms with Gasteiger partial charge in [-0.2, -0.15) is 0 Å². The van der Waals surface area contributed by atoms with Crippen molar-refractivity contribution >= 4 is 33.3 Å². The van der Waals surface area contributed by atoms with Crippen LogP contribution in [0.4, 0.5) is 5.69 Å². The standard InChI is InChI=1S/C26H18N2O2/c27-25(29)23-16-22-21-9-5-4-8-19(21)12-15-24(22)30-26(23)28-20-13-10-18(11-14-20)17-6-2-1-3-7-17/h1-16H,(H2,27,29). The molecule has 0 aliphatic carbocycles. The summed E-state index contributed by atoms with van der Waals surface area (Å²) in [5.74, 6) is -0.576. The van der Waals surface area contributed by atoms with E-state index in [1.165, 1.54) is 0 Å². The molecule has 4 nitrogen and oxygen atoms in total. The number of carbonyl (C=O) groups excluding carboxylic acids is 1. The fourth-order valence-corrected chi connectivity index (χ4v) is 3.61. The number of benzene rings is 4. The number of hydrogen-bond donors (Lipinski definition) is 1. The van der Waals surface area contributed by atoms with Crippen LogP contribution in [0, 0.1) is 0 Å². The summed E-state index contributed by atoms with van der Waals surface area (Å²) in [5.41, 5.74) is 9.66. The fraction of sp³-hybridized carbons (Fsp3) is 0. The summed E-state index contributed by atoms with van der Waals surface area (Å²) in [6.07, 6.45) is 0. The molecule has 5 rings (SSSR count). The van der Waals surface area contributed by atoms with Crippen molar-refractivity contribution in [3.8, 4) is 11.1 Å². The first-order valence-corrected chi connectivity index (χ1v) is 9.65. The van der Waals surface area contributed by atoms with Gasteiger partial charge >= 0.3 is 0 Å². The number of primary amides is 1. The van der Waals surface area contributed by atoms with Crippen molar-refractivity contribution in [3.63, 3.8) is 0 Å². The minimum Gasteiger partial charge on any atom is -0.438 e.